The minimum absolute atomic E-state index is 0.436. The molecule has 0 saturated carbocycles. The summed E-state index contributed by atoms with van der Waals surface area (Å²) in [4.78, 5) is 42.1. The molecule has 0 bridgehead atoms. The third-order valence-corrected chi connectivity index (χ3v) is 6.35. The third-order valence-electron chi connectivity index (χ3n) is 6.35. The summed E-state index contributed by atoms with van der Waals surface area (Å²) in [5, 5.41) is 15.6. The first-order chi connectivity index (χ1) is 18.1. The van der Waals surface area contributed by atoms with E-state index in [1.165, 1.54) is 4.90 Å². The van der Waals surface area contributed by atoms with Gasteiger partial charge in [-0.3, -0.25) is 9.59 Å². The third kappa shape index (κ3) is 8.71. The number of aryl methyl sites for hydroxylation is 2. The Labute approximate surface area is 231 Å². The van der Waals surface area contributed by atoms with Gasteiger partial charge in [0.2, 0.25) is 5.91 Å². The summed E-state index contributed by atoms with van der Waals surface area (Å²) in [7, 11) is 1.56. The number of hydrogen-bond donors (Lipinski definition) is 3. The molecule has 9 nitrogen and oxygen atoms in total. The lowest BCUT2D eigenvalue weighted by Gasteiger charge is -2.44. The Morgan fingerprint density at radius 1 is 0.974 bits per heavy atom. The Hall–Kier alpha value is -3.59. The van der Waals surface area contributed by atoms with Gasteiger partial charge in [-0.05, 0) is 84.7 Å². The van der Waals surface area contributed by atoms with Gasteiger partial charge >= 0.3 is 6.09 Å². The number of ether oxygens (including phenoxy) is 2. The summed E-state index contributed by atoms with van der Waals surface area (Å²) in [6.45, 7) is 13.9. The van der Waals surface area contributed by atoms with Crippen LogP contribution in [0.4, 0.5) is 10.5 Å². The fourth-order valence-corrected chi connectivity index (χ4v) is 4.22. The summed E-state index contributed by atoms with van der Waals surface area (Å²) in [6, 6.07) is 10.2. The van der Waals surface area contributed by atoms with Gasteiger partial charge in [-0.15, -0.1) is 0 Å². The highest BCUT2D eigenvalue weighted by Gasteiger charge is 2.43. The van der Waals surface area contributed by atoms with Crippen molar-refractivity contribution in [3.63, 3.8) is 0 Å². The number of carbonyl (C=O) groups excluding carboxylic acids is 3. The Morgan fingerprint density at radius 3 is 2.00 bits per heavy atom. The molecule has 9 heteroatoms. The number of amides is 3. The van der Waals surface area contributed by atoms with Crippen molar-refractivity contribution in [3.05, 3.63) is 59.2 Å². The maximum Gasteiger partial charge on any atom is 0.408 e. The number of alkyl carbamates (subject to hydrolysis) is 1. The number of aliphatic hydroxyl groups is 1. The highest BCUT2D eigenvalue weighted by molar-refractivity contribution is 5.99. The number of hydrogen-bond acceptors (Lipinski definition) is 6. The topological polar surface area (TPSA) is 117 Å². The molecule has 0 radical (unpaired) electrons. The molecule has 39 heavy (non-hydrogen) atoms. The van der Waals surface area contributed by atoms with E-state index in [0.29, 0.717) is 23.4 Å². The summed E-state index contributed by atoms with van der Waals surface area (Å²) < 4.78 is 10.5. The molecule has 3 amide bonds. The van der Waals surface area contributed by atoms with Gasteiger partial charge in [0.15, 0.2) is 0 Å². The molecule has 0 heterocycles. The zero-order chi connectivity index (χ0) is 29.5. The molecule has 0 saturated heterocycles. The van der Waals surface area contributed by atoms with Crippen LogP contribution in [-0.4, -0.2) is 58.8 Å². The second-order valence-corrected chi connectivity index (χ2v) is 11.3. The SMILES string of the molecule is CCC(C)(C)N(C(=O)C(CO)NC(=O)OC(C)(C)C)C(C(=O)Nc1ccc(OC)cc1)c1cc(C)cc(C)c1. The molecular formula is C30H43N3O6. The molecule has 2 rings (SSSR count). The van der Waals surface area contributed by atoms with Crippen LogP contribution in [0.2, 0.25) is 0 Å². The van der Waals surface area contributed by atoms with Crippen molar-refractivity contribution in [1.82, 2.24) is 10.2 Å². The van der Waals surface area contributed by atoms with Crippen LogP contribution in [0.3, 0.4) is 0 Å². The number of nitrogens with zero attached hydrogens (tertiary/aromatic N) is 1. The van der Waals surface area contributed by atoms with Gasteiger partial charge in [0, 0.05) is 11.2 Å². The number of benzene rings is 2. The van der Waals surface area contributed by atoms with Crippen LogP contribution in [0.25, 0.3) is 0 Å². The Balaban J connectivity index is 2.61. The molecule has 0 aliphatic heterocycles. The fraction of sp³-hybridized carbons (Fsp3) is 0.500. The number of carbonyl (C=O) groups is 3. The van der Waals surface area contributed by atoms with E-state index in [1.54, 1.807) is 52.1 Å². The van der Waals surface area contributed by atoms with E-state index in [4.69, 9.17) is 9.47 Å². The molecule has 0 aliphatic carbocycles. The zero-order valence-electron chi connectivity index (χ0n) is 24.5. The molecule has 2 unspecified atom stereocenters. The largest absolute Gasteiger partial charge is 0.497 e. The fourth-order valence-electron chi connectivity index (χ4n) is 4.22. The van der Waals surface area contributed by atoms with Crippen molar-refractivity contribution in [3.8, 4) is 5.75 Å². The normalized spacial score (nSPS) is 13.2. The van der Waals surface area contributed by atoms with Crippen molar-refractivity contribution in [2.45, 2.75) is 85.0 Å². The van der Waals surface area contributed by atoms with Gasteiger partial charge in [-0.25, -0.2) is 4.79 Å². The molecule has 214 valence electrons. The first-order valence-electron chi connectivity index (χ1n) is 13.1. The Morgan fingerprint density at radius 2 is 1.54 bits per heavy atom. The van der Waals surface area contributed by atoms with Crippen LogP contribution in [0.5, 0.6) is 5.75 Å². The number of aliphatic hydroxyl groups excluding tert-OH is 1. The molecule has 0 aromatic heterocycles. The summed E-state index contributed by atoms with van der Waals surface area (Å²) in [5.74, 6) is -0.403. The van der Waals surface area contributed by atoms with E-state index in [9.17, 15) is 19.5 Å². The highest BCUT2D eigenvalue weighted by Crippen LogP contribution is 2.34. The minimum Gasteiger partial charge on any atom is -0.497 e. The van der Waals surface area contributed by atoms with E-state index in [1.807, 2.05) is 52.8 Å². The van der Waals surface area contributed by atoms with E-state index < -0.39 is 47.7 Å². The zero-order valence-corrected chi connectivity index (χ0v) is 24.5. The molecule has 0 aliphatic rings. The average Bonchev–Trinajstić information content (AvgIpc) is 2.83. The lowest BCUT2D eigenvalue weighted by atomic mass is 9.91. The van der Waals surface area contributed by atoms with E-state index >= 15 is 0 Å². The minimum atomic E-state index is -1.33. The molecule has 0 fully saturated rings. The van der Waals surface area contributed by atoms with Crippen LogP contribution in [-0.2, 0) is 14.3 Å². The van der Waals surface area contributed by atoms with Crippen molar-refractivity contribution < 1.29 is 29.0 Å². The first-order valence-corrected chi connectivity index (χ1v) is 13.1. The van der Waals surface area contributed by atoms with E-state index in [2.05, 4.69) is 10.6 Å². The quantitative estimate of drug-likeness (QED) is 0.394. The van der Waals surface area contributed by atoms with E-state index in [0.717, 1.165) is 11.1 Å². The maximum absolute atomic E-state index is 14.1. The second kappa shape index (κ2) is 13.0. The van der Waals surface area contributed by atoms with Gasteiger partial charge in [-0.1, -0.05) is 36.2 Å². The first kappa shape index (κ1) is 31.6. The van der Waals surface area contributed by atoms with Gasteiger partial charge in [-0.2, -0.15) is 0 Å². The molecule has 0 spiro atoms. The highest BCUT2D eigenvalue weighted by atomic mass is 16.6. The predicted octanol–water partition coefficient (Wildman–Crippen LogP) is 4.89. The van der Waals surface area contributed by atoms with Gasteiger partial charge < -0.3 is 30.1 Å². The standard InChI is InChI=1S/C30H43N3O6/c1-10-30(7,8)33(27(36)24(18-34)32-28(37)39-29(4,5)6)25(21-16-19(2)15-20(3)17-21)26(35)31-22-11-13-23(38-9)14-12-22/h11-17,24-25,34H,10,18H2,1-9H3,(H,31,35)(H,32,37). The maximum atomic E-state index is 14.1. The van der Waals surface area contributed by atoms with Crippen LogP contribution in [0, 0.1) is 13.8 Å². The molecule has 2 aromatic carbocycles. The molecule has 2 atom stereocenters. The lowest BCUT2D eigenvalue weighted by molar-refractivity contribution is -0.148. The van der Waals surface area contributed by atoms with Crippen molar-refractivity contribution in [2.24, 2.45) is 0 Å². The molecular weight excluding hydrogens is 498 g/mol. The van der Waals surface area contributed by atoms with Crippen LogP contribution < -0.4 is 15.4 Å². The Kier molecular flexibility index (Phi) is 10.5. The molecule has 2 aromatic rings. The van der Waals surface area contributed by atoms with Gasteiger partial charge in [0.25, 0.3) is 5.91 Å². The number of methoxy groups -OCH3 is 1. The molecule has 3 N–H and O–H groups in total. The average molecular weight is 542 g/mol. The summed E-state index contributed by atoms with van der Waals surface area (Å²) >= 11 is 0. The van der Waals surface area contributed by atoms with Crippen LogP contribution >= 0.6 is 0 Å². The van der Waals surface area contributed by atoms with Crippen molar-refractivity contribution in [1.29, 1.82) is 0 Å². The monoisotopic (exact) mass is 541 g/mol. The number of rotatable bonds is 10. The smallest absolute Gasteiger partial charge is 0.408 e. The van der Waals surface area contributed by atoms with E-state index in [-0.39, 0.29) is 0 Å². The van der Waals surface area contributed by atoms with Gasteiger partial charge in [0.05, 0.1) is 13.7 Å². The van der Waals surface area contributed by atoms with Crippen molar-refractivity contribution >= 4 is 23.6 Å². The number of nitrogens with one attached hydrogen (secondary N) is 2. The summed E-state index contributed by atoms with van der Waals surface area (Å²) in [5.41, 5.74) is 1.37. The Bertz CT molecular complexity index is 1130. The van der Waals surface area contributed by atoms with Crippen LogP contribution in [0.1, 0.15) is 70.7 Å². The van der Waals surface area contributed by atoms with Gasteiger partial charge in [0.1, 0.15) is 23.4 Å². The lowest BCUT2D eigenvalue weighted by Crippen LogP contribution is -2.59. The van der Waals surface area contributed by atoms with Crippen LogP contribution in [0.15, 0.2) is 42.5 Å². The second-order valence-electron chi connectivity index (χ2n) is 11.3. The number of anilines is 1. The van der Waals surface area contributed by atoms with Crippen molar-refractivity contribution in [2.75, 3.05) is 19.0 Å². The predicted molar refractivity (Wildman–Crippen MR) is 152 cm³/mol. The summed E-state index contributed by atoms with van der Waals surface area (Å²) in [6.07, 6.45) is -0.338.